The first-order valence-electron chi connectivity index (χ1n) is 4.76. The van der Waals surface area contributed by atoms with Crippen LogP contribution in [0.1, 0.15) is 5.56 Å². The number of nitrogens with one attached hydrogen (secondary N) is 1. The summed E-state index contributed by atoms with van der Waals surface area (Å²) in [7, 11) is 0. The highest BCUT2D eigenvalue weighted by Crippen LogP contribution is 2.25. The number of hydrogen-bond donors (Lipinski definition) is 2. The molecule has 1 aromatic carbocycles. The minimum absolute atomic E-state index is 0.527. The lowest BCUT2D eigenvalue weighted by Gasteiger charge is -2.07. The van der Waals surface area contributed by atoms with E-state index in [1.165, 1.54) is 5.56 Å². The number of halogens is 1. The van der Waals surface area contributed by atoms with Crippen LogP contribution in [0.2, 0.25) is 0 Å². The Morgan fingerprint density at radius 2 is 1.94 bits per heavy atom. The van der Waals surface area contributed by atoms with E-state index in [9.17, 15) is 0 Å². The maximum Gasteiger partial charge on any atom is 0.227 e. The molecule has 0 radical (unpaired) electrons. The normalized spacial score (nSPS) is 10.1. The molecule has 1 aromatic heterocycles. The van der Waals surface area contributed by atoms with Gasteiger partial charge in [-0.3, -0.25) is 0 Å². The molecule has 1 heterocycles. The quantitative estimate of drug-likeness (QED) is 0.887. The minimum atomic E-state index is 0.527. The molecule has 2 rings (SSSR count). The van der Waals surface area contributed by atoms with Crippen molar-refractivity contribution in [3.05, 3.63) is 40.6 Å². The van der Waals surface area contributed by atoms with E-state index < -0.39 is 0 Å². The lowest BCUT2D eigenvalue weighted by Crippen LogP contribution is -1.98. The number of nitrogen functional groups attached to an aromatic ring is 1. The van der Waals surface area contributed by atoms with Gasteiger partial charge in [0.15, 0.2) is 0 Å². The number of rotatable bonds is 2. The third-order valence-electron chi connectivity index (χ3n) is 2.04. The first kappa shape index (κ1) is 10.9. The van der Waals surface area contributed by atoms with Crippen molar-refractivity contribution in [2.45, 2.75) is 6.92 Å². The van der Waals surface area contributed by atoms with Gasteiger partial charge in [-0.25, -0.2) is 9.97 Å². The number of anilines is 3. The second-order valence-corrected chi connectivity index (χ2v) is 4.30. The van der Waals surface area contributed by atoms with Crippen LogP contribution in [0.3, 0.4) is 0 Å². The molecule has 0 unspecified atom stereocenters. The average Bonchev–Trinajstić information content (AvgIpc) is 2.25. The Bertz CT molecular complexity index is 496. The number of nitrogens with two attached hydrogens (primary N) is 1. The molecule has 0 saturated heterocycles. The Morgan fingerprint density at radius 3 is 2.56 bits per heavy atom. The van der Waals surface area contributed by atoms with Crippen LogP contribution in [0.4, 0.5) is 17.3 Å². The molecule has 16 heavy (non-hydrogen) atoms. The molecule has 4 nitrogen and oxygen atoms in total. The lowest BCUT2D eigenvalue weighted by molar-refractivity contribution is 1.17. The van der Waals surface area contributed by atoms with Crippen molar-refractivity contribution in [1.82, 2.24) is 9.97 Å². The first-order chi connectivity index (χ1) is 7.65. The van der Waals surface area contributed by atoms with E-state index in [4.69, 9.17) is 5.73 Å². The van der Waals surface area contributed by atoms with Crippen molar-refractivity contribution in [2.75, 3.05) is 11.1 Å². The predicted molar refractivity (Wildman–Crippen MR) is 68.6 cm³/mol. The van der Waals surface area contributed by atoms with Crippen LogP contribution in [-0.4, -0.2) is 9.97 Å². The van der Waals surface area contributed by atoms with Crippen molar-refractivity contribution >= 4 is 33.3 Å². The summed E-state index contributed by atoms with van der Waals surface area (Å²) in [6.07, 6.45) is 3.13. The molecule has 0 aliphatic heterocycles. The van der Waals surface area contributed by atoms with E-state index in [1.54, 1.807) is 12.4 Å². The maximum absolute atomic E-state index is 5.51. The highest BCUT2D eigenvalue weighted by Gasteiger charge is 2.01. The van der Waals surface area contributed by atoms with Gasteiger partial charge >= 0.3 is 0 Å². The van der Waals surface area contributed by atoms with Crippen LogP contribution in [0.15, 0.2) is 35.1 Å². The monoisotopic (exact) mass is 278 g/mol. The molecular weight excluding hydrogens is 268 g/mol. The summed E-state index contributed by atoms with van der Waals surface area (Å²) in [6, 6.07) is 6.02. The van der Waals surface area contributed by atoms with E-state index in [0.29, 0.717) is 11.6 Å². The van der Waals surface area contributed by atoms with Crippen molar-refractivity contribution in [1.29, 1.82) is 0 Å². The Morgan fingerprint density at radius 1 is 1.25 bits per heavy atom. The van der Waals surface area contributed by atoms with Gasteiger partial charge in [-0.1, -0.05) is 6.07 Å². The molecule has 0 atom stereocenters. The molecule has 0 spiro atoms. The number of aryl methyl sites for hydroxylation is 1. The smallest absolute Gasteiger partial charge is 0.227 e. The summed E-state index contributed by atoms with van der Waals surface area (Å²) in [5.74, 6) is 0.527. The molecule has 0 aliphatic carbocycles. The highest BCUT2D eigenvalue weighted by atomic mass is 79.9. The number of aromatic nitrogens is 2. The van der Waals surface area contributed by atoms with Crippen LogP contribution in [0.25, 0.3) is 0 Å². The van der Waals surface area contributed by atoms with Crippen LogP contribution in [0.5, 0.6) is 0 Å². The summed E-state index contributed by atoms with van der Waals surface area (Å²) in [6.45, 7) is 2.04. The molecule has 0 fully saturated rings. The van der Waals surface area contributed by atoms with Crippen molar-refractivity contribution in [3.8, 4) is 0 Å². The van der Waals surface area contributed by atoms with Gasteiger partial charge in [0, 0.05) is 4.47 Å². The molecular formula is C11H11BrN4. The number of benzene rings is 1. The minimum Gasteiger partial charge on any atom is -0.396 e. The third-order valence-corrected chi connectivity index (χ3v) is 2.70. The fraction of sp³-hybridized carbons (Fsp3) is 0.0909. The van der Waals surface area contributed by atoms with E-state index >= 15 is 0 Å². The fourth-order valence-electron chi connectivity index (χ4n) is 1.24. The molecule has 0 aliphatic rings. The SMILES string of the molecule is Cc1ccc(Nc2ncc(N)cn2)c(Br)c1. The molecule has 5 heteroatoms. The Balaban J connectivity index is 2.23. The van der Waals surface area contributed by atoms with Gasteiger partial charge in [0.25, 0.3) is 0 Å². The zero-order valence-electron chi connectivity index (χ0n) is 8.74. The zero-order chi connectivity index (χ0) is 11.5. The maximum atomic E-state index is 5.51. The van der Waals surface area contributed by atoms with Crippen LogP contribution < -0.4 is 11.1 Å². The molecule has 0 bridgehead atoms. The largest absolute Gasteiger partial charge is 0.396 e. The molecule has 0 saturated carbocycles. The lowest BCUT2D eigenvalue weighted by atomic mass is 10.2. The number of hydrogen-bond acceptors (Lipinski definition) is 4. The first-order valence-corrected chi connectivity index (χ1v) is 5.55. The Labute approximate surface area is 102 Å². The number of nitrogens with zero attached hydrogens (tertiary/aromatic N) is 2. The van der Waals surface area contributed by atoms with Crippen LogP contribution >= 0.6 is 15.9 Å². The molecule has 2 aromatic rings. The van der Waals surface area contributed by atoms with Gasteiger partial charge in [-0.15, -0.1) is 0 Å². The Hall–Kier alpha value is -1.62. The van der Waals surface area contributed by atoms with Gasteiger partial charge in [0.1, 0.15) is 0 Å². The van der Waals surface area contributed by atoms with Crippen LogP contribution in [0, 0.1) is 6.92 Å². The third kappa shape index (κ3) is 2.49. The van der Waals surface area contributed by atoms with Crippen LogP contribution in [-0.2, 0) is 0 Å². The van der Waals surface area contributed by atoms with Gasteiger partial charge in [0.05, 0.1) is 23.8 Å². The molecule has 82 valence electrons. The van der Waals surface area contributed by atoms with Gasteiger partial charge in [-0.05, 0) is 40.5 Å². The van der Waals surface area contributed by atoms with E-state index in [0.717, 1.165) is 10.2 Å². The topological polar surface area (TPSA) is 63.8 Å². The molecule has 0 amide bonds. The second kappa shape index (κ2) is 4.49. The standard InChI is InChI=1S/C11H11BrN4/c1-7-2-3-10(9(12)4-7)16-11-14-5-8(13)6-15-11/h2-6H,13H2,1H3,(H,14,15,16). The predicted octanol–water partition coefficient (Wildman–Crippen LogP) is 2.87. The highest BCUT2D eigenvalue weighted by molar-refractivity contribution is 9.10. The fourth-order valence-corrected chi connectivity index (χ4v) is 1.84. The summed E-state index contributed by atoms with van der Waals surface area (Å²) in [5, 5.41) is 3.10. The van der Waals surface area contributed by atoms with E-state index in [2.05, 4.69) is 31.2 Å². The summed E-state index contributed by atoms with van der Waals surface area (Å²) in [5.41, 5.74) is 8.17. The van der Waals surface area contributed by atoms with Crippen molar-refractivity contribution < 1.29 is 0 Å². The summed E-state index contributed by atoms with van der Waals surface area (Å²) in [4.78, 5) is 8.14. The second-order valence-electron chi connectivity index (χ2n) is 3.45. The van der Waals surface area contributed by atoms with Gasteiger partial charge in [0.2, 0.25) is 5.95 Å². The molecule has 3 N–H and O–H groups in total. The van der Waals surface area contributed by atoms with Gasteiger partial charge in [-0.2, -0.15) is 0 Å². The summed E-state index contributed by atoms with van der Waals surface area (Å²) >= 11 is 3.48. The van der Waals surface area contributed by atoms with Crippen molar-refractivity contribution in [3.63, 3.8) is 0 Å². The van der Waals surface area contributed by atoms with Crippen molar-refractivity contribution in [2.24, 2.45) is 0 Å². The van der Waals surface area contributed by atoms with Gasteiger partial charge < -0.3 is 11.1 Å². The van der Waals surface area contributed by atoms with E-state index in [-0.39, 0.29) is 0 Å². The summed E-state index contributed by atoms with van der Waals surface area (Å²) < 4.78 is 0.980. The van der Waals surface area contributed by atoms with E-state index in [1.807, 2.05) is 25.1 Å². The average molecular weight is 279 g/mol. The Kier molecular flexibility index (Phi) is 3.05. The zero-order valence-corrected chi connectivity index (χ0v) is 10.3.